The highest BCUT2D eigenvalue weighted by molar-refractivity contribution is 6.31. The van der Waals surface area contributed by atoms with Gasteiger partial charge in [-0.05, 0) is 12.1 Å². The summed E-state index contributed by atoms with van der Waals surface area (Å²) in [5, 5.41) is 1.11. The summed E-state index contributed by atoms with van der Waals surface area (Å²) in [4.78, 5) is 3.87. The monoisotopic (exact) mass is 253 g/mol. The molecule has 2 nitrogen and oxygen atoms in total. The molecular formula is C12H9Cl2NO. The number of benzene rings is 1. The number of aromatic nitrogens is 1. The van der Waals surface area contributed by atoms with Gasteiger partial charge in [0.05, 0.1) is 0 Å². The van der Waals surface area contributed by atoms with E-state index < -0.39 is 0 Å². The van der Waals surface area contributed by atoms with Crippen molar-refractivity contribution in [1.82, 2.24) is 4.98 Å². The third kappa shape index (κ3) is 2.87. The molecule has 2 aromatic rings. The molecule has 1 heterocycles. The average molecular weight is 254 g/mol. The molecule has 0 amide bonds. The molecule has 1 aromatic heterocycles. The third-order valence-electron chi connectivity index (χ3n) is 2.05. The van der Waals surface area contributed by atoms with Crippen LogP contribution in [0.15, 0.2) is 42.6 Å². The fourth-order valence-corrected chi connectivity index (χ4v) is 1.61. The van der Waals surface area contributed by atoms with Gasteiger partial charge in [0.1, 0.15) is 17.5 Å². The summed E-state index contributed by atoms with van der Waals surface area (Å²) in [6, 6.07) is 11.0. The standard InChI is InChI=1S/C12H9Cl2NO/c13-11-4-2-1-3-9(11)8-16-10-5-6-15-12(14)7-10/h1-7H,8H2. The minimum Gasteiger partial charge on any atom is -0.489 e. The summed E-state index contributed by atoms with van der Waals surface area (Å²) in [5.74, 6) is 0.680. The van der Waals surface area contributed by atoms with E-state index in [1.165, 1.54) is 0 Å². The van der Waals surface area contributed by atoms with Gasteiger partial charge in [0, 0.05) is 22.8 Å². The van der Waals surface area contributed by atoms with Gasteiger partial charge in [0.15, 0.2) is 0 Å². The largest absolute Gasteiger partial charge is 0.489 e. The zero-order chi connectivity index (χ0) is 11.4. The molecule has 0 unspecified atom stereocenters. The van der Waals surface area contributed by atoms with Crippen molar-refractivity contribution >= 4 is 23.2 Å². The van der Waals surface area contributed by atoms with Gasteiger partial charge in [0.2, 0.25) is 0 Å². The van der Waals surface area contributed by atoms with E-state index >= 15 is 0 Å². The molecule has 0 bridgehead atoms. The molecule has 0 radical (unpaired) electrons. The first kappa shape index (κ1) is 11.2. The lowest BCUT2D eigenvalue weighted by Crippen LogP contribution is -1.96. The molecule has 0 aliphatic carbocycles. The Morgan fingerprint density at radius 1 is 1.12 bits per heavy atom. The van der Waals surface area contributed by atoms with Crippen LogP contribution in [0.1, 0.15) is 5.56 Å². The van der Waals surface area contributed by atoms with Crippen molar-refractivity contribution in [2.24, 2.45) is 0 Å². The highest BCUT2D eigenvalue weighted by Crippen LogP contribution is 2.19. The van der Waals surface area contributed by atoms with E-state index in [-0.39, 0.29) is 0 Å². The minimum atomic E-state index is 0.414. The summed E-state index contributed by atoms with van der Waals surface area (Å²) < 4.78 is 5.54. The summed E-state index contributed by atoms with van der Waals surface area (Å²) in [6.07, 6.45) is 1.60. The first-order valence-corrected chi connectivity index (χ1v) is 5.49. The quantitative estimate of drug-likeness (QED) is 0.773. The predicted molar refractivity (Wildman–Crippen MR) is 65.0 cm³/mol. The second-order valence-electron chi connectivity index (χ2n) is 3.19. The van der Waals surface area contributed by atoms with Crippen LogP contribution in [-0.2, 0) is 6.61 Å². The molecule has 82 valence electrons. The van der Waals surface area contributed by atoms with E-state index in [4.69, 9.17) is 27.9 Å². The minimum absolute atomic E-state index is 0.414. The van der Waals surface area contributed by atoms with Crippen LogP contribution in [0.25, 0.3) is 0 Å². The van der Waals surface area contributed by atoms with Crippen molar-refractivity contribution < 1.29 is 4.74 Å². The normalized spacial score (nSPS) is 10.1. The zero-order valence-corrected chi connectivity index (χ0v) is 9.87. The summed E-state index contributed by atoms with van der Waals surface area (Å²) in [5.41, 5.74) is 0.942. The van der Waals surface area contributed by atoms with Crippen LogP contribution in [0.2, 0.25) is 10.2 Å². The molecule has 4 heteroatoms. The maximum atomic E-state index is 6.00. The molecule has 0 fully saturated rings. The number of rotatable bonds is 3. The number of hydrogen-bond acceptors (Lipinski definition) is 2. The van der Waals surface area contributed by atoms with E-state index in [1.54, 1.807) is 18.3 Å². The van der Waals surface area contributed by atoms with E-state index in [0.717, 1.165) is 5.56 Å². The highest BCUT2D eigenvalue weighted by Gasteiger charge is 2.00. The molecule has 0 saturated carbocycles. The Balaban J connectivity index is 2.05. The fourth-order valence-electron chi connectivity index (χ4n) is 1.25. The van der Waals surface area contributed by atoms with Gasteiger partial charge in [0.25, 0.3) is 0 Å². The van der Waals surface area contributed by atoms with Gasteiger partial charge in [-0.2, -0.15) is 0 Å². The van der Waals surface area contributed by atoms with Crippen molar-refractivity contribution in [3.05, 3.63) is 58.3 Å². The summed E-state index contributed by atoms with van der Waals surface area (Å²) in [6.45, 7) is 0.417. The summed E-state index contributed by atoms with van der Waals surface area (Å²) in [7, 11) is 0. The Morgan fingerprint density at radius 2 is 1.94 bits per heavy atom. The van der Waals surface area contributed by atoms with E-state index in [0.29, 0.717) is 22.5 Å². The zero-order valence-electron chi connectivity index (χ0n) is 8.36. The van der Waals surface area contributed by atoms with Gasteiger partial charge in [-0.25, -0.2) is 4.98 Å². The van der Waals surface area contributed by atoms with Crippen molar-refractivity contribution in [2.45, 2.75) is 6.61 Å². The topological polar surface area (TPSA) is 22.1 Å². The molecule has 0 aliphatic rings. The average Bonchev–Trinajstić information content (AvgIpc) is 2.28. The van der Waals surface area contributed by atoms with Crippen molar-refractivity contribution in [1.29, 1.82) is 0 Å². The SMILES string of the molecule is Clc1cc(OCc2ccccc2Cl)ccn1. The van der Waals surface area contributed by atoms with Crippen LogP contribution in [0, 0.1) is 0 Å². The van der Waals surface area contributed by atoms with Crippen LogP contribution in [-0.4, -0.2) is 4.98 Å². The molecule has 16 heavy (non-hydrogen) atoms. The smallest absolute Gasteiger partial charge is 0.132 e. The predicted octanol–water partition coefficient (Wildman–Crippen LogP) is 3.97. The maximum Gasteiger partial charge on any atom is 0.132 e. The first-order chi connectivity index (χ1) is 7.75. The van der Waals surface area contributed by atoms with Gasteiger partial charge in [-0.3, -0.25) is 0 Å². The lowest BCUT2D eigenvalue weighted by atomic mass is 10.2. The van der Waals surface area contributed by atoms with Crippen LogP contribution in [0.4, 0.5) is 0 Å². The fraction of sp³-hybridized carbons (Fsp3) is 0.0833. The van der Waals surface area contributed by atoms with Gasteiger partial charge in [-0.15, -0.1) is 0 Å². The Hall–Kier alpha value is -1.25. The number of pyridine rings is 1. The number of halogens is 2. The molecule has 0 spiro atoms. The first-order valence-electron chi connectivity index (χ1n) is 4.73. The van der Waals surface area contributed by atoms with Gasteiger partial charge < -0.3 is 4.74 Å². The Bertz CT molecular complexity index is 488. The number of ether oxygens (including phenoxy) is 1. The molecule has 2 rings (SSSR count). The maximum absolute atomic E-state index is 6.00. The third-order valence-corrected chi connectivity index (χ3v) is 2.63. The van der Waals surface area contributed by atoms with Gasteiger partial charge >= 0.3 is 0 Å². The molecule has 0 atom stereocenters. The van der Waals surface area contributed by atoms with Crippen molar-refractivity contribution in [2.75, 3.05) is 0 Å². The number of hydrogen-bond donors (Lipinski definition) is 0. The van der Waals surface area contributed by atoms with Gasteiger partial charge in [-0.1, -0.05) is 41.4 Å². The molecule has 1 aromatic carbocycles. The van der Waals surface area contributed by atoms with E-state index in [9.17, 15) is 0 Å². The molecule has 0 aliphatic heterocycles. The Labute approximate surface area is 104 Å². The van der Waals surface area contributed by atoms with Crippen molar-refractivity contribution in [3.8, 4) is 5.75 Å². The molecule has 0 saturated heterocycles. The second-order valence-corrected chi connectivity index (χ2v) is 3.99. The summed E-state index contributed by atoms with van der Waals surface area (Å²) >= 11 is 11.7. The number of nitrogens with zero attached hydrogens (tertiary/aromatic N) is 1. The Morgan fingerprint density at radius 3 is 2.69 bits per heavy atom. The lowest BCUT2D eigenvalue weighted by molar-refractivity contribution is 0.306. The van der Waals surface area contributed by atoms with Crippen LogP contribution in [0.3, 0.4) is 0 Å². The van der Waals surface area contributed by atoms with E-state index in [2.05, 4.69) is 4.98 Å². The second kappa shape index (κ2) is 5.19. The highest BCUT2D eigenvalue weighted by atomic mass is 35.5. The Kier molecular flexibility index (Phi) is 3.65. The van der Waals surface area contributed by atoms with E-state index in [1.807, 2.05) is 24.3 Å². The van der Waals surface area contributed by atoms with Crippen LogP contribution in [0.5, 0.6) is 5.75 Å². The molecule has 0 N–H and O–H groups in total. The molecular weight excluding hydrogens is 245 g/mol. The lowest BCUT2D eigenvalue weighted by Gasteiger charge is -2.07. The van der Waals surface area contributed by atoms with Crippen LogP contribution >= 0.6 is 23.2 Å². The van der Waals surface area contributed by atoms with Crippen LogP contribution < -0.4 is 4.74 Å². The van der Waals surface area contributed by atoms with Crippen molar-refractivity contribution in [3.63, 3.8) is 0 Å².